The van der Waals surface area contributed by atoms with Crippen molar-refractivity contribution in [3.05, 3.63) is 34.9 Å². The Morgan fingerprint density at radius 1 is 1.43 bits per heavy atom. The highest BCUT2D eigenvalue weighted by Crippen LogP contribution is 2.28. The van der Waals surface area contributed by atoms with E-state index < -0.39 is 0 Å². The lowest BCUT2D eigenvalue weighted by Gasteiger charge is -2.13. The molecule has 76 valence electrons. The summed E-state index contributed by atoms with van der Waals surface area (Å²) in [6, 6.07) is 6.81. The number of aryl methyl sites for hydroxylation is 2. The Balaban J connectivity index is 2.31. The average molecular weight is 190 g/mol. The molecule has 1 saturated heterocycles. The molecule has 1 nitrogen and oxygen atoms in total. The van der Waals surface area contributed by atoms with Gasteiger partial charge in [-0.05, 0) is 30.9 Å². The lowest BCUT2D eigenvalue weighted by Crippen LogP contribution is -2.02. The molecule has 1 aromatic carbocycles. The van der Waals surface area contributed by atoms with Crippen LogP contribution in [0.4, 0.5) is 0 Å². The first kappa shape index (κ1) is 9.72. The van der Waals surface area contributed by atoms with Gasteiger partial charge in [0.25, 0.3) is 0 Å². The summed E-state index contributed by atoms with van der Waals surface area (Å²) in [4.78, 5) is 0. The monoisotopic (exact) mass is 190 g/mol. The van der Waals surface area contributed by atoms with Gasteiger partial charge in [-0.2, -0.15) is 0 Å². The fourth-order valence-electron chi connectivity index (χ4n) is 2.22. The molecule has 0 saturated carbocycles. The largest absolute Gasteiger partial charge is 0.381 e. The Morgan fingerprint density at radius 2 is 2.29 bits per heavy atom. The zero-order valence-corrected chi connectivity index (χ0v) is 9.05. The maximum Gasteiger partial charge on any atom is 0.0535 e. The summed E-state index contributed by atoms with van der Waals surface area (Å²) >= 11 is 0. The zero-order chi connectivity index (χ0) is 9.97. The summed E-state index contributed by atoms with van der Waals surface area (Å²) < 4.78 is 5.44. The van der Waals surface area contributed by atoms with Gasteiger partial charge in [0.05, 0.1) is 6.61 Å². The molecule has 1 aliphatic rings. The zero-order valence-electron chi connectivity index (χ0n) is 9.05. The van der Waals surface area contributed by atoms with Crippen molar-refractivity contribution in [3.8, 4) is 0 Å². The van der Waals surface area contributed by atoms with Crippen LogP contribution in [0, 0.1) is 6.92 Å². The predicted octanol–water partition coefficient (Wildman–Crippen LogP) is 3.06. The van der Waals surface area contributed by atoms with Gasteiger partial charge in [0.15, 0.2) is 0 Å². The summed E-state index contributed by atoms with van der Waals surface area (Å²) in [5.41, 5.74) is 4.38. The molecule has 1 aromatic rings. The van der Waals surface area contributed by atoms with Crippen LogP contribution in [0.3, 0.4) is 0 Å². The van der Waals surface area contributed by atoms with Crippen molar-refractivity contribution in [2.24, 2.45) is 0 Å². The van der Waals surface area contributed by atoms with E-state index in [2.05, 4.69) is 32.0 Å². The van der Waals surface area contributed by atoms with E-state index in [-0.39, 0.29) is 0 Å². The van der Waals surface area contributed by atoms with E-state index >= 15 is 0 Å². The first-order chi connectivity index (χ1) is 6.81. The van der Waals surface area contributed by atoms with Crippen LogP contribution >= 0.6 is 0 Å². The summed E-state index contributed by atoms with van der Waals surface area (Å²) in [6.07, 6.45) is 2.32. The Hall–Kier alpha value is -0.820. The van der Waals surface area contributed by atoms with Crippen molar-refractivity contribution in [3.63, 3.8) is 0 Å². The topological polar surface area (TPSA) is 9.23 Å². The Morgan fingerprint density at radius 3 is 2.93 bits per heavy atom. The lowest BCUT2D eigenvalue weighted by atomic mass is 9.91. The summed E-state index contributed by atoms with van der Waals surface area (Å²) in [5, 5.41) is 0. The third kappa shape index (κ3) is 1.83. The molecule has 1 unspecified atom stereocenters. The molecule has 1 aliphatic heterocycles. The third-order valence-electron chi connectivity index (χ3n) is 3.05. The fraction of sp³-hybridized carbons (Fsp3) is 0.538. The molecule has 1 fully saturated rings. The van der Waals surface area contributed by atoms with Gasteiger partial charge in [-0.3, -0.25) is 0 Å². The van der Waals surface area contributed by atoms with Crippen molar-refractivity contribution in [1.82, 2.24) is 0 Å². The number of ether oxygens (including phenoxy) is 1. The van der Waals surface area contributed by atoms with Gasteiger partial charge in [-0.1, -0.05) is 30.7 Å². The minimum atomic E-state index is 0.644. The highest BCUT2D eigenvalue weighted by Gasteiger charge is 2.19. The molecule has 0 aromatic heterocycles. The average Bonchev–Trinajstić information content (AvgIpc) is 2.70. The van der Waals surface area contributed by atoms with E-state index in [4.69, 9.17) is 4.74 Å². The molecule has 0 N–H and O–H groups in total. The van der Waals surface area contributed by atoms with Crippen LogP contribution in [0.2, 0.25) is 0 Å². The van der Waals surface area contributed by atoms with Crippen molar-refractivity contribution in [1.29, 1.82) is 0 Å². The highest BCUT2D eigenvalue weighted by atomic mass is 16.5. The molecule has 0 bridgehead atoms. The number of hydrogen-bond acceptors (Lipinski definition) is 1. The quantitative estimate of drug-likeness (QED) is 0.696. The van der Waals surface area contributed by atoms with E-state index in [1.54, 1.807) is 0 Å². The molecule has 1 heterocycles. The SMILES string of the molecule is CCc1cc(C)ccc1C1CCOC1. The van der Waals surface area contributed by atoms with E-state index in [1.807, 2.05) is 0 Å². The molecule has 1 heteroatoms. The fourth-order valence-corrected chi connectivity index (χ4v) is 2.22. The van der Waals surface area contributed by atoms with Gasteiger partial charge in [0.1, 0.15) is 0 Å². The maximum absolute atomic E-state index is 5.44. The number of rotatable bonds is 2. The van der Waals surface area contributed by atoms with E-state index in [1.165, 1.54) is 23.1 Å². The van der Waals surface area contributed by atoms with Crippen LogP contribution in [0.1, 0.15) is 36.0 Å². The smallest absolute Gasteiger partial charge is 0.0535 e. The molecule has 14 heavy (non-hydrogen) atoms. The van der Waals surface area contributed by atoms with E-state index in [0.717, 1.165) is 19.6 Å². The van der Waals surface area contributed by atoms with Crippen molar-refractivity contribution < 1.29 is 4.74 Å². The Bertz CT molecular complexity index is 311. The second-order valence-electron chi connectivity index (χ2n) is 4.12. The van der Waals surface area contributed by atoms with Crippen LogP contribution in [0.15, 0.2) is 18.2 Å². The minimum Gasteiger partial charge on any atom is -0.381 e. The summed E-state index contributed by atoms with van der Waals surface area (Å²) in [6.45, 7) is 6.24. The van der Waals surface area contributed by atoms with Gasteiger partial charge in [0.2, 0.25) is 0 Å². The molecular formula is C13H18O. The van der Waals surface area contributed by atoms with E-state index in [0.29, 0.717) is 5.92 Å². The molecule has 0 aliphatic carbocycles. The normalized spacial score (nSPS) is 21.4. The minimum absolute atomic E-state index is 0.644. The first-order valence-corrected chi connectivity index (χ1v) is 5.48. The Labute approximate surface area is 86.1 Å². The Kier molecular flexibility index (Phi) is 2.87. The molecule has 2 rings (SSSR count). The van der Waals surface area contributed by atoms with Crippen LogP contribution in [-0.2, 0) is 11.2 Å². The van der Waals surface area contributed by atoms with Crippen LogP contribution < -0.4 is 0 Å². The standard InChI is InChI=1S/C13H18O/c1-3-11-8-10(2)4-5-13(11)12-6-7-14-9-12/h4-5,8,12H,3,6-7,9H2,1-2H3. The van der Waals surface area contributed by atoms with Crippen LogP contribution in [0.5, 0.6) is 0 Å². The van der Waals surface area contributed by atoms with Gasteiger partial charge in [0, 0.05) is 12.5 Å². The molecule has 0 amide bonds. The molecular weight excluding hydrogens is 172 g/mol. The second-order valence-corrected chi connectivity index (χ2v) is 4.12. The third-order valence-corrected chi connectivity index (χ3v) is 3.05. The second kappa shape index (κ2) is 4.14. The predicted molar refractivity (Wildman–Crippen MR) is 58.7 cm³/mol. The number of benzene rings is 1. The van der Waals surface area contributed by atoms with Gasteiger partial charge < -0.3 is 4.74 Å². The van der Waals surface area contributed by atoms with Crippen molar-refractivity contribution in [2.75, 3.05) is 13.2 Å². The number of hydrogen-bond donors (Lipinski definition) is 0. The molecule has 1 atom stereocenters. The van der Waals surface area contributed by atoms with E-state index in [9.17, 15) is 0 Å². The van der Waals surface area contributed by atoms with Crippen LogP contribution in [0.25, 0.3) is 0 Å². The van der Waals surface area contributed by atoms with Gasteiger partial charge in [-0.15, -0.1) is 0 Å². The molecule has 0 radical (unpaired) electrons. The van der Waals surface area contributed by atoms with Gasteiger partial charge >= 0.3 is 0 Å². The summed E-state index contributed by atoms with van der Waals surface area (Å²) in [7, 11) is 0. The first-order valence-electron chi connectivity index (χ1n) is 5.48. The highest BCUT2D eigenvalue weighted by molar-refractivity contribution is 5.34. The maximum atomic E-state index is 5.44. The molecule has 0 spiro atoms. The summed E-state index contributed by atoms with van der Waals surface area (Å²) in [5.74, 6) is 0.644. The van der Waals surface area contributed by atoms with Crippen LogP contribution in [-0.4, -0.2) is 13.2 Å². The van der Waals surface area contributed by atoms with Crippen molar-refractivity contribution >= 4 is 0 Å². The lowest BCUT2D eigenvalue weighted by molar-refractivity contribution is 0.194. The van der Waals surface area contributed by atoms with Crippen molar-refractivity contribution in [2.45, 2.75) is 32.6 Å². The van der Waals surface area contributed by atoms with Gasteiger partial charge in [-0.25, -0.2) is 0 Å².